The Balaban J connectivity index is 1.72. The second-order valence-electron chi connectivity index (χ2n) is 8.67. The number of rotatable bonds is 6. The summed E-state index contributed by atoms with van der Waals surface area (Å²) in [5.74, 6) is 0.617. The zero-order valence-corrected chi connectivity index (χ0v) is 19.0. The van der Waals surface area contributed by atoms with Gasteiger partial charge in [-0.05, 0) is 37.0 Å². The van der Waals surface area contributed by atoms with Crippen LogP contribution in [0, 0.1) is 0 Å². The van der Waals surface area contributed by atoms with Crippen molar-refractivity contribution in [1.82, 2.24) is 19.8 Å². The summed E-state index contributed by atoms with van der Waals surface area (Å²) in [6.45, 7) is 2.50. The minimum atomic E-state index is -0.318. The van der Waals surface area contributed by atoms with Gasteiger partial charge >= 0.3 is 6.03 Å². The molecule has 1 saturated carbocycles. The summed E-state index contributed by atoms with van der Waals surface area (Å²) in [7, 11) is 1.75. The molecule has 0 saturated heterocycles. The molecule has 2 amide bonds. The molecular weight excluding hydrogens is 400 g/mol. The molecule has 1 heterocycles. The van der Waals surface area contributed by atoms with E-state index >= 15 is 0 Å². The van der Waals surface area contributed by atoms with E-state index in [4.69, 9.17) is 4.98 Å². The molecule has 1 fully saturated rings. The van der Waals surface area contributed by atoms with Crippen LogP contribution in [-0.2, 0) is 13.6 Å². The number of nitrogens with one attached hydrogen (secondary N) is 1. The van der Waals surface area contributed by atoms with Gasteiger partial charge in [-0.1, -0.05) is 68.7 Å². The van der Waals surface area contributed by atoms with Gasteiger partial charge in [-0.3, -0.25) is 9.36 Å². The molecule has 1 N–H and O–H groups in total. The minimum Gasteiger partial charge on any atom is -0.335 e. The first-order valence-corrected chi connectivity index (χ1v) is 11.6. The van der Waals surface area contributed by atoms with Crippen LogP contribution in [0.4, 0.5) is 4.79 Å². The van der Waals surface area contributed by atoms with Gasteiger partial charge < -0.3 is 10.2 Å². The Morgan fingerprint density at radius 2 is 1.78 bits per heavy atom. The summed E-state index contributed by atoms with van der Waals surface area (Å²) in [6, 6.07) is 17.2. The van der Waals surface area contributed by atoms with Crippen molar-refractivity contribution in [1.29, 1.82) is 0 Å². The van der Waals surface area contributed by atoms with E-state index in [9.17, 15) is 9.59 Å². The summed E-state index contributed by atoms with van der Waals surface area (Å²) in [6.07, 6.45) is 6.25. The molecule has 1 unspecified atom stereocenters. The molecule has 4 rings (SSSR count). The van der Waals surface area contributed by atoms with E-state index in [2.05, 4.69) is 5.32 Å². The zero-order chi connectivity index (χ0) is 22.5. The number of hydrogen-bond donors (Lipinski definition) is 1. The number of hydrogen-bond acceptors (Lipinski definition) is 3. The fourth-order valence-electron chi connectivity index (χ4n) is 4.68. The van der Waals surface area contributed by atoms with Crippen molar-refractivity contribution in [3.8, 4) is 0 Å². The zero-order valence-electron chi connectivity index (χ0n) is 19.0. The molecule has 6 nitrogen and oxygen atoms in total. The van der Waals surface area contributed by atoms with Gasteiger partial charge in [0, 0.05) is 19.6 Å². The molecular formula is C26H32N4O2. The molecule has 1 aromatic heterocycles. The summed E-state index contributed by atoms with van der Waals surface area (Å²) < 4.78 is 1.60. The van der Waals surface area contributed by atoms with Gasteiger partial charge in [0.1, 0.15) is 5.82 Å². The fourth-order valence-corrected chi connectivity index (χ4v) is 4.68. The van der Waals surface area contributed by atoms with Crippen LogP contribution in [-0.4, -0.2) is 26.5 Å². The number of urea groups is 1. The van der Waals surface area contributed by atoms with Gasteiger partial charge in [-0.25, -0.2) is 9.78 Å². The topological polar surface area (TPSA) is 67.2 Å². The van der Waals surface area contributed by atoms with E-state index < -0.39 is 0 Å². The van der Waals surface area contributed by atoms with E-state index in [0.29, 0.717) is 29.7 Å². The minimum absolute atomic E-state index is 0.0867. The van der Waals surface area contributed by atoms with E-state index in [1.165, 1.54) is 6.42 Å². The van der Waals surface area contributed by atoms with Crippen LogP contribution < -0.4 is 10.9 Å². The van der Waals surface area contributed by atoms with Gasteiger partial charge in [0.25, 0.3) is 5.56 Å². The number of nitrogens with zero attached hydrogens (tertiary/aromatic N) is 3. The Kier molecular flexibility index (Phi) is 6.88. The lowest BCUT2D eigenvalue weighted by Crippen LogP contribution is -2.47. The Morgan fingerprint density at radius 1 is 1.09 bits per heavy atom. The third-order valence-electron chi connectivity index (χ3n) is 6.47. The maximum atomic E-state index is 13.5. The molecule has 2 aromatic carbocycles. The van der Waals surface area contributed by atoms with E-state index in [1.54, 1.807) is 17.7 Å². The number of carbonyl (C=O) groups is 1. The second-order valence-corrected chi connectivity index (χ2v) is 8.67. The summed E-state index contributed by atoms with van der Waals surface area (Å²) in [5, 5.41) is 3.86. The molecule has 32 heavy (non-hydrogen) atoms. The molecule has 1 atom stereocenters. The van der Waals surface area contributed by atoms with Gasteiger partial charge in [-0.15, -0.1) is 0 Å². The van der Waals surface area contributed by atoms with Crippen LogP contribution in [0.5, 0.6) is 0 Å². The SMILES string of the molecule is CCC(c1nc2ccccc2c(=O)n1C)N(Cc1ccccc1)C(=O)NC1CCCCC1. The molecule has 0 spiro atoms. The van der Waals surface area contributed by atoms with Crippen molar-refractivity contribution in [2.75, 3.05) is 0 Å². The second kappa shape index (κ2) is 9.98. The van der Waals surface area contributed by atoms with Gasteiger partial charge in [-0.2, -0.15) is 0 Å². The van der Waals surface area contributed by atoms with E-state index in [1.807, 2.05) is 60.4 Å². The van der Waals surface area contributed by atoms with Crippen molar-refractivity contribution < 1.29 is 4.79 Å². The predicted octanol–water partition coefficient (Wildman–Crippen LogP) is 4.93. The number of para-hydroxylation sites is 1. The molecule has 0 aliphatic heterocycles. The summed E-state index contributed by atoms with van der Waals surface area (Å²) in [4.78, 5) is 33.3. The number of benzene rings is 2. The highest BCUT2D eigenvalue weighted by atomic mass is 16.2. The van der Waals surface area contributed by atoms with Gasteiger partial charge in [0.05, 0.1) is 16.9 Å². The Bertz CT molecular complexity index is 1120. The van der Waals surface area contributed by atoms with Crippen LogP contribution >= 0.6 is 0 Å². The average Bonchev–Trinajstić information content (AvgIpc) is 2.83. The van der Waals surface area contributed by atoms with Gasteiger partial charge in [0.15, 0.2) is 0 Å². The lowest BCUT2D eigenvalue weighted by molar-refractivity contribution is 0.157. The smallest absolute Gasteiger partial charge is 0.318 e. The van der Waals surface area contributed by atoms with Crippen molar-refractivity contribution >= 4 is 16.9 Å². The third-order valence-corrected chi connectivity index (χ3v) is 6.47. The number of fused-ring (bicyclic) bond motifs is 1. The number of carbonyl (C=O) groups excluding carboxylic acids is 1. The van der Waals surface area contributed by atoms with Crippen LogP contribution in [0.1, 0.15) is 62.9 Å². The lowest BCUT2D eigenvalue weighted by atomic mass is 9.95. The molecule has 6 heteroatoms. The third kappa shape index (κ3) is 4.69. The first-order chi connectivity index (χ1) is 15.6. The Hall–Kier alpha value is -3.15. The quantitative estimate of drug-likeness (QED) is 0.601. The maximum Gasteiger partial charge on any atom is 0.318 e. The van der Waals surface area contributed by atoms with Crippen LogP contribution in [0.25, 0.3) is 10.9 Å². The molecule has 1 aliphatic rings. The van der Waals surface area contributed by atoms with E-state index in [0.717, 1.165) is 31.2 Å². The normalized spacial score (nSPS) is 15.4. The summed E-state index contributed by atoms with van der Waals surface area (Å²) >= 11 is 0. The maximum absolute atomic E-state index is 13.5. The first-order valence-electron chi connectivity index (χ1n) is 11.6. The van der Waals surface area contributed by atoms with Crippen molar-refractivity contribution in [3.05, 3.63) is 76.3 Å². The average molecular weight is 433 g/mol. The highest BCUT2D eigenvalue weighted by Crippen LogP contribution is 2.26. The lowest BCUT2D eigenvalue weighted by Gasteiger charge is -2.34. The standard InChI is InChI=1S/C26H32N4O2/c1-3-23(24-28-22-17-11-10-16-21(22)25(31)29(24)2)30(18-19-12-6-4-7-13-19)26(32)27-20-14-8-5-9-15-20/h4,6-7,10-13,16-17,20,23H,3,5,8-9,14-15,18H2,1-2H3,(H,27,32). The predicted molar refractivity (Wildman–Crippen MR) is 127 cm³/mol. The molecule has 0 radical (unpaired) electrons. The number of amides is 2. The molecule has 1 aliphatic carbocycles. The highest BCUT2D eigenvalue weighted by molar-refractivity contribution is 5.78. The molecule has 168 valence electrons. The summed E-state index contributed by atoms with van der Waals surface area (Å²) in [5.41, 5.74) is 1.63. The van der Waals surface area contributed by atoms with Crippen LogP contribution in [0.2, 0.25) is 0 Å². The van der Waals surface area contributed by atoms with Gasteiger partial charge in [0.2, 0.25) is 0 Å². The largest absolute Gasteiger partial charge is 0.335 e. The Morgan fingerprint density at radius 3 is 2.50 bits per heavy atom. The monoisotopic (exact) mass is 432 g/mol. The van der Waals surface area contributed by atoms with Crippen molar-refractivity contribution in [2.45, 2.75) is 64.1 Å². The van der Waals surface area contributed by atoms with E-state index in [-0.39, 0.29) is 23.7 Å². The van der Waals surface area contributed by atoms with Crippen molar-refractivity contribution in [3.63, 3.8) is 0 Å². The van der Waals surface area contributed by atoms with Crippen molar-refractivity contribution in [2.24, 2.45) is 7.05 Å². The molecule has 3 aromatic rings. The van der Waals surface area contributed by atoms with Crippen LogP contribution in [0.15, 0.2) is 59.4 Å². The number of aromatic nitrogens is 2. The fraction of sp³-hybridized carbons (Fsp3) is 0.423. The Labute approximate surface area is 189 Å². The van der Waals surface area contributed by atoms with Crippen LogP contribution in [0.3, 0.4) is 0 Å². The first kappa shape index (κ1) is 22.1. The highest BCUT2D eigenvalue weighted by Gasteiger charge is 2.29. The molecule has 0 bridgehead atoms.